The summed E-state index contributed by atoms with van der Waals surface area (Å²) in [5.41, 5.74) is 0. The van der Waals surface area contributed by atoms with Crippen molar-refractivity contribution in [3.05, 3.63) is 31.7 Å². The minimum Gasteiger partial charge on any atom is -0.0882 e. The van der Waals surface area contributed by atoms with E-state index < -0.39 is 0 Å². The van der Waals surface area contributed by atoms with Gasteiger partial charge in [0.25, 0.3) is 0 Å². The van der Waals surface area contributed by atoms with E-state index in [1.165, 1.54) is 0 Å². The van der Waals surface area contributed by atoms with E-state index >= 15 is 0 Å². The van der Waals surface area contributed by atoms with Crippen molar-refractivity contribution in [1.82, 2.24) is 0 Å². The van der Waals surface area contributed by atoms with Crippen LogP contribution in [0, 0.1) is 13.5 Å². The van der Waals surface area contributed by atoms with Gasteiger partial charge >= 0.3 is 0 Å². The van der Waals surface area contributed by atoms with Gasteiger partial charge < -0.3 is 0 Å². The molecule has 0 aromatic carbocycles. The summed E-state index contributed by atoms with van der Waals surface area (Å²) in [4.78, 5) is 0. The second kappa shape index (κ2) is 5.48. The molecule has 0 fully saturated rings. The van der Waals surface area contributed by atoms with Gasteiger partial charge in [-0.3, -0.25) is 0 Å². The fourth-order valence-electron chi connectivity index (χ4n) is 0.310. The molecule has 0 atom stereocenters. The van der Waals surface area contributed by atoms with Gasteiger partial charge in [0.15, 0.2) is 0 Å². The van der Waals surface area contributed by atoms with Crippen LogP contribution in [0.1, 0.15) is 12.8 Å². The molecule has 0 aliphatic carbocycles. The highest BCUT2D eigenvalue weighted by atomic mass is 13.7. The van der Waals surface area contributed by atoms with E-state index in [1.54, 1.807) is 12.2 Å². The normalized spacial score (nSPS) is 9.86. The maximum atomic E-state index is 5.09. The van der Waals surface area contributed by atoms with Gasteiger partial charge in [-0.05, 0) is 19.8 Å². The first-order valence-corrected chi connectivity index (χ1v) is 2.39. The molecule has 0 saturated heterocycles. The third kappa shape index (κ3) is 5.48. The Kier molecular flexibility index (Phi) is 5.07. The van der Waals surface area contributed by atoms with Crippen molar-refractivity contribution in [2.24, 2.45) is 0 Å². The Bertz CT molecular complexity index is 60.4. The Morgan fingerprint density at radius 2 is 2.14 bits per heavy atom. The molecule has 0 amide bonds. The van der Waals surface area contributed by atoms with Crippen LogP contribution >= 0.6 is 0 Å². The molecule has 38 valence electrons. The summed E-state index contributed by atoms with van der Waals surface area (Å²) in [6.07, 6.45) is 7.39. The molecule has 0 rings (SSSR count). The second-order valence-electron chi connectivity index (χ2n) is 1.28. The van der Waals surface area contributed by atoms with Gasteiger partial charge in [-0.25, -0.2) is 0 Å². The highest BCUT2D eigenvalue weighted by Gasteiger charge is 1.68. The van der Waals surface area contributed by atoms with E-state index in [4.69, 9.17) is 6.58 Å². The van der Waals surface area contributed by atoms with Crippen LogP contribution in [0.4, 0.5) is 0 Å². The fourth-order valence-corrected chi connectivity index (χ4v) is 0.310. The number of rotatable bonds is 3. The Balaban J connectivity index is 2.82. The third-order valence-corrected chi connectivity index (χ3v) is 0.667. The van der Waals surface area contributed by atoms with E-state index in [-0.39, 0.29) is 0 Å². The molecule has 0 spiro atoms. The molecule has 0 unspecified atom stereocenters. The first kappa shape index (κ1) is 6.48. The average Bonchev–Trinajstić information content (AvgIpc) is 1.69. The van der Waals surface area contributed by atoms with Crippen molar-refractivity contribution in [1.29, 1.82) is 0 Å². The van der Waals surface area contributed by atoms with E-state index in [0.29, 0.717) is 0 Å². The SMILES string of the molecule is [CH]=CCC/C=C/[CH2]. The third-order valence-electron chi connectivity index (χ3n) is 0.667. The predicted octanol–water partition coefficient (Wildman–Crippen LogP) is 2.15. The second-order valence-corrected chi connectivity index (χ2v) is 1.28. The van der Waals surface area contributed by atoms with Crippen LogP contribution in [0.5, 0.6) is 0 Å². The standard InChI is InChI=1S/C7H10/c1-3-5-7-6-4-2/h1,3-4,6H,2,5,7H2/b3-1?,6-4+. The van der Waals surface area contributed by atoms with E-state index in [1.807, 2.05) is 6.08 Å². The molecule has 0 heterocycles. The van der Waals surface area contributed by atoms with Crippen molar-refractivity contribution in [2.45, 2.75) is 12.8 Å². The van der Waals surface area contributed by atoms with Gasteiger partial charge in [0, 0.05) is 0 Å². The van der Waals surface area contributed by atoms with Crippen LogP contribution < -0.4 is 0 Å². The molecule has 0 nitrogen and oxygen atoms in total. The van der Waals surface area contributed by atoms with Crippen LogP contribution in [-0.4, -0.2) is 0 Å². The van der Waals surface area contributed by atoms with Crippen LogP contribution in [0.25, 0.3) is 0 Å². The minimum absolute atomic E-state index is 0.950. The predicted molar refractivity (Wildman–Crippen MR) is 32.6 cm³/mol. The zero-order chi connectivity index (χ0) is 5.54. The van der Waals surface area contributed by atoms with E-state index in [9.17, 15) is 0 Å². The van der Waals surface area contributed by atoms with Gasteiger partial charge in [0.05, 0.1) is 0 Å². The number of allylic oxidation sites excluding steroid dienone is 3. The number of hydrogen-bond donors (Lipinski definition) is 0. The smallest absolute Gasteiger partial charge is 0.0313 e. The molecule has 0 aliphatic heterocycles. The highest BCUT2D eigenvalue weighted by molar-refractivity contribution is 4.85. The first-order valence-electron chi connectivity index (χ1n) is 2.39. The largest absolute Gasteiger partial charge is 0.0882 e. The molecule has 0 N–H and O–H groups in total. The molecule has 0 aromatic rings. The summed E-state index contributed by atoms with van der Waals surface area (Å²) < 4.78 is 0. The molecule has 0 aromatic heterocycles. The zero-order valence-corrected chi connectivity index (χ0v) is 4.43. The Hall–Kier alpha value is -0.520. The maximum Gasteiger partial charge on any atom is -0.0313 e. The summed E-state index contributed by atoms with van der Waals surface area (Å²) in [5.74, 6) is 0. The lowest BCUT2D eigenvalue weighted by Gasteiger charge is -1.78. The van der Waals surface area contributed by atoms with Crippen molar-refractivity contribution < 1.29 is 0 Å². The summed E-state index contributed by atoms with van der Waals surface area (Å²) >= 11 is 0. The maximum absolute atomic E-state index is 5.09. The van der Waals surface area contributed by atoms with E-state index in [2.05, 4.69) is 6.92 Å². The van der Waals surface area contributed by atoms with Crippen LogP contribution in [0.3, 0.4) is 0 Å². The zero-order valence-electron chi connectivity index (χ0n) is 4.43. The van der Waals surface area contributed by atoms with Crippen molar-refractivity contribution in [2.75, 3.05) is 0 Å². The average molecular weight is 94.2 g/mol. The topological polar surface area (TPSA) is 0 Å². The Morgan fingerprint density at radius 1 is 1.43 bits per heavy atom. The first-order chi connectivity index (χ1) is 3.41. The van der Waals surface area contributed by atoms with E-state index in [0.717, 1.165) is 12.8 Å². The van der Waals surface area contributed by atoms with Crippen molar-refractivity contribution >= 4 is 0 Å². The summed E-state index contributed by atoms with van der Waals surface area (Å²) in [6, 6.07) is 0. The molecule has 7 heavy (non-hydrogen) atoms. The highest BCUT2D eigenvalue weighted by Crippen LogP contribution is 1.88. The lowest BCUT2D eigenvalue weighted by Crippen LogP contribution is -1.59. The lowest BCUT2D eigenvalue weighted by atomic mass is 10.3. The molecule has 0 aliphatic rings. The van der Waals surface area contributed by atoms with Crippen LogP contribution in [0.15, 0.2) is 18.2 Å². The molecule has 0 saturated carbocycles. The number of hydrogen-bond acceptors (Lipinski definition) is 0. The van der Waals surface area contributed by atoms with Gasteiger partial charge in [0.1, 0.15) is 0 Å². The van der Waals surface area contributed by atoms with Crippen LogP contribution in [-0.2, 0) is 0 Å². The fraction of sp³-hybridized carbons (Fsp3) is 0.286. The summed E-state index contributed by atoms with van der Waals surface area (Å²) in [6.45, 7) is 8.61. The van der Waals surface area contributed by atoms with Gasteiger partial charge in [0.2, 0.25) is 0 Å². The van der Waals surface area contributed by atoms with Crippen LogP contribution in [0.2, 0.25) is 0 Å². The molecule has 0 heteroatoms. The molecule has 0 bridgehead atoms. The summed E-state index contributed by atoms with van der Waals surface area (Å²) in [5, 5.41) is 0. The minimum atomic E-state index is 0.950. The lowest BCUT2D eigenvalue weighted by molar-refractivity contribution is 1.05. The Labute approximate surface area is 45.5 Å². The molecular formula is C7H10. The quantitative estimate of drug-likeness (QED) is 0.470. The molecular weight excluding hydrogens is 84.1 g/mol. The van der Waals surface area contributed by atoms with Gasteiger partial charge in [-0.2, -0.15) is 0 Å². The van der Waals surface area contributed by atoms with Crippen molar-refractivity contribution in [3.8, 4) is 0 Å². The Morgan fingerprint density at radius 3 is 2.57 bits per heavy atom. The van der Waals surface area contributed by atoms with Crippen molar-refractivity contribution in [3.63, 3.8) is 0 Å². The summed E-state index contributed by atoms with van der Waals surface area (Å²) in [7, 11) is 0. The monoisotopic (exact) mass is 94.1 g/mol. The number of unbranched alkanes of at least 4 members (excludes halogenated alkanes) is 1. The van der Waals surface area contributed by atoms with Gasteiger partial charge in [-0.1, -0.05) is 24.8 Å². The van der Waals surface area contributed by atoms with Gasteiger partial charge in [-0.15, -0.1) is 0 Å². The molecule has 2 radical (unpaired) electrons.